The maximum atomic E-state index is 12.5. The molecule has 0 aliphatic heterocycles. The lowest BCUT2D eigenvalue weighted by Gasteiger charge is -2.12. The first-order valence-electron chi connectivity index (χ1n) is 3.94. The number of alkyl halides is 3. The lowest BCUT2D eigenvalue weighted by atomic mass is 10.1. The van der Waals surface area contributed by atoms with Crippen molar-refractivity contribution in [3.63, 3.8) is 0 Å². The van der Waals surface area contributed by atoms with Crippen molar-refractivity contribution in [1.82, 2.24) is 0 Å². The Balaban J connectivity index is 3.29. The fourth-order valence-electron chi connectivity index (χ4n) is 1.08. The number of halogens is 4. The van der Waals surface area contributed by atoms with Gasteiger partial charge in [0, 0.05) is 10.6 Å². The Labute approximate surface area is 89.2 Å². The summed E-state index contributed by atoms with van der Waals surface area (Å²) in [6.07, 6.45) is -4.04. The highest BCUT2D eigenvalue weighted by atomic mass is 35.5. The van der Waals surface area contributed by atoms with Crippen LogP contribution in [0.4, 0.5) is 13.2 Å². The molecule has 0 heterocycles. The maximum Gasteiger partial charge on any atom is 0.417 e. The molecular weight excluding hydrogens is 229 g/mol. The highest BCUT2D eigenvalue weighted by Gasteiger charge is 2.35. The van der Waals surface area contributed by atoms with Crippen LogP contribution in [0.15, 0.2) is 30.3 Å². The highest BCUT2D eigenvalue weighted by molar-refractivity contribution is 6.32. The van der Waals surface area contributed by atoms with Crippen molar-refractivity contribution >= 4 is 23.5 Å². The lowest BCUT2D eigenvalue weighted by molar-refractivity contribution is -0.104. The molecule has 0 atom stereocenters. The smallest absolute Gasteiger partial charge is 0.299 e. The summed E-state index contributed by atoms with van der Waals surface area (Å²) < 4.78 is 37.5. The molecule has 1 nitrogen and oxygen atoms in total. The number of hydrogen-bond acceptors (Lipinski definition) is 1. The molecule has 0 bridgehead atoms. The molecule has 0 aliphatic carbocycles. The number of rotatable bonds is 2. The van der Waals surface area contributed by atoms with Gasteiger partial charge in [0.1, 0.15) is 6.29 Å². The number of carbonyl (C=O) groups excluding carboxylic acids is 1. The zero-order chi connectivity index (χ0) is 11.5. The van der Waals surface area contributed by atoms with E-state index in [0.29, 0.717) is 6.08 Å². The summed E-state index contributed by atoms with van der Waals surface area (Å²) in [6, 6.07) is 5.48. The lowest BCUT2D eigenvalue weighted by Crippen LogP contribution is -2.11. The van der Waals surface area contributed by atoms with Crippen molar-refractivity contribution in [2.45, 2.75) is 6.18 Å². The van der Waals surface area contributed by atoms with Crippen LogP contribution in [-0.4, -0.2) is 12.5 Å². The normalized spacial score (nSPS) is 12.7. The number of aldehydes is 1. The molecule has 0 aromatic heterocycles. The highest BCUT2D eigenvalue weighted by Crippen LogP contribution is 2.36. The first kappa shape index (κ1) is 11.8. The minimum Gasteiger partial charge on any atom is -0.299 e. The molecule has 0 saturated heterocycles. The van der Waals surface area contributed by atoms with Crippen molar-refractivity contribution in [2.24, 2.45) is 0 Å². The van der Waals surface area contributed by atoms with Gasteiger partial charge in [0.25, 0.3) is 0 Å². The van der Waals surface area contributed by atoms with Crippen LogP contribution in [0, 0.1) is 0 Å². The van der Waals surface area contributed by atoms with E-state index in [0.717, 1.165) is 0 Å². The zero-order valence-corrected chi connectivity index (χ0v) is 8.14. The second-order valence-electron chi connectivity index (χ2n) is 2.69. The van der Waals surface area contributed by atoms with Crippen LogP contribution >= 0.6 is 11.6 Å². The minimum absolute atomic E-state index is 0.0390. The Morgan fingerprint density at radius 3 is 2.33 bits per heavy atom. The van der Waals surface area contributed by atoms with Crippen LogP contribution in [-0.2, 0) is 4.79 Å². The van der Waals surface area contributed by atoms with E-state index in [2.05, 4.69) is 0 Å². The molecule has 0 unspecified atom stereocenters. The second-order valence-corrected chi connectivity index (χ2v) is 3.10. The predicted molar refractivity (Wildman–Crippen MR) is 51.5 cm³/mol. The second kappa shape index (κ2) is 4.49. The zero-order valence-electron chi connectivity index (χ0n) is 7.38. The molecule has 0 N–H and O–H groups in total. The van der Waals surface area contributed by atoms with Crippen molar-refractivity contribution < 1.29 is 18.0 Å². The van der Waals surface area contributed by atoms with E-state index in [1.165, 1.54) is 24.3 Å². The van der Waals surface area contributed by atoms with Gasteiger partial charge >= 0.3 is 6.18 Å². The Morgan fingerprint density at radius 1 is 1.27 bits per heavy atom. The van der Waals surface area contributed by atoms with E-state index in [4.69, 9.17) is 11.6 Å². The van der Waals surface area contributed by atoms with E-state index < -0.39 is 11.7 Å². The molecule has 0 radical (unpaired) electrons. The quantitative estimate of drug-likeness (QED) is 0.566. The molecule has 0 spiro atoms. The molecule has 80 valence electrons. The van der Waals surface area contributed by atoms with Gasteiger partial charge < -0.3 is 0 Å². The Bertz CT molecular complexity index is 396. The molecular formula is C10H6ClF3O. The average Bonchev–Trinajstić information content (AvgIpc) is 2.14. The fraction of sp³-hybridized carbons (Fsp3) is 0.100. The van der Waals surface area contributed by atoms with Crippen LogP contribution < -0.4 is 0 Å². The summed E-state index contributed by atoms with van der Waals surface area (Å²) in [5.74, 6) is 0. The SMILES string of the molecule is O=C/C=C(/c1ccccc1Cl)C(F)(F)F. The Morgan fingerprint density at radius 2 is 1.87 bits per heavy atom. The van der Waals surface area contributed by atoms with Crippen molar-refractivity contribution in [1.29, 1.82) is 0 Å². The van der Waals surface area contributed by atoms with Gasteiger partial charge in [0.15, 0.2) is 0 Å². The minimum atomic E-state index is -4.59. The largest absolute Gasteiger partial charge is 0.417 e. The standard InChI is InChI=1S/C10H6ClF3O/c11-9-4-2-1-3-7(9)8(5-6-15)10(12,13)14/h1-6H/b8-5-. The third-order valence-electron chi connectivity index (χ3n) is 1.70. The third-order valence-corrected chi connectivity index (χ3v) is 2.03. The van der Waals surface area contributed by atoms with Gasteiger partial charge in [-0.1, -0.05) is 29.8 Å². The van der Waals surface area contributed by atoms with E-state index in [1.807, 2.05) is 0 Å². The summed E-state index contributed by atoms with van der Waals surface area (Å²) in [4.78, 5) is 10.1. The van der Waals surface area contributed by atoms with E-state index >= 15 is 0 Å². The van der Waals surface area contributed by atoms with Gasteiger partial charge in [-0.2, -0.15) is 13.2 Å². The van der Waals surface area contributed by atoms with Gasteiger partial charge in [0.2, 0.25) is 0 Å². The van der Waals surface area contributed by atoms with E-state index in [1.54, 1.807) is 0 Å². The Hall–Kier alpha value is -1.29. The predicted octanol–water partition coefficient (Wildman–Crippen LogP) is 3.48. The first-order chi connectivity index (χ1) is 6.96. The molecule has 0 aliphatic rings. The first-order valence-corrected chi connectivity index (χ1v) is 4.32. The average molecular weight is 235 g/mol. The number of benzene rings is 1. The number of hydrogen-bond donors (Lipinski definition) is 0. The van der Waals surface area contributed by atoms with Crippen molar-refractivity contribution in [3.8, 4) is 0 Å². The summed E-state index contributed by atoms with van der Waals surface area (Å²) in [5.41, 5.74) is -1.23. The fourth-order valence-corrected chi connectivity index (χ4v) is 1.32. The van der Waals surface area contributed by atoms with Gasteiger partial charge in [-0.05, 0) is 12.1 Å². The van der Waals surface area contributed by atoms with Crippen LogP contribution in [0.3, 0.4) is 0 Å². The van der Waals surface area contributed by atoms with E-state index in [9.17, 15) is 18.0 Å². The molecule has 0 saturated carbocycles. The van der Waals surface area contributed by atoms with Crippen molar-refractivity contribution in [2.75, 3.05) is 0 Å². The van der Waals surface area contributed by atoms with Gasteiger partial charge in [-0.25, -0.2) is 0 Å². The number of allylic oxidation sites excluding steroid dienone is 2. The molecule has 0 amide bonds. The van der Waals surface area contributed by atoms with Crippen molar-refractivity contribution in [3.05, 3.63) is 40.9 Å². The van der Waals surface area contributed by atoms with Crippen LogP contribution in [0.2, 0.25) is 5.02 Å². The van der Waals surface area contributed by atoms with Crippen LogP contribution in [0.25, 0.3) is 5.57 Å². The molecule has 0 fully saturated rings. The monoisotopic (exact) mass is 234 g/mol. The summed E-state index contributed by atoms with van der Waals surface area (Å²) in [7, 11) is 0. The van der Waals surface area contributed by atoms with Gasteiger partial charge in [-0.3, -0.25) is 4.79 Å². The summed E-state index contributed by atoms with van der Waals surface area (Å²) in [6.45, 7) is 0. The number of carbonyl (C=O) groups is 1. The topological polar surface area (TPSA) is 17.1 Å². The molecule has 1 rings (SSSR count). The van der Waals surface area contributed by atoms with Gasteiger partial charge in [-0.15, -0.1) is 0 Å². The molecule has 15 heavy (non-hydrogen) atoms. The van der Waals surface area contributed by atoms with E-state index in [-0.39, 0.29) is 16.9 Å². The summed E-state index contributed by atoms with van der Waals surface area (Å²) in [5, 5.41) is -0.0390. The molecule has 1 aromatic rings. The summed E-state index contributed by atoms with van der Waals surface area (Å²) >= 11 is 5.60. The van der Waals surface area contributed by atoms with Crippen LogP contribution in [0.5, 0.6) is 0 Å². The Kier molecular flexibility index (Phi) is 3.52. The third kappa shape index (κ3) is 2.83. The molecule has 5 heteroatoms. The van der Waals surface area contributed by atoms with Crippen LogP contribution in [0.1, 0.15) is 5.56 Å². The van der Waals surface area contributed by atoms with Gasteiger partial charge in [0.05, 0.1) is 5.57 Å². The maximum absolute atomic E-state index is 12.5. The molecule has 1 aromatic carbocycles.